The number of thioether (sulfide) groups is 1. The monoisotopic (exact) mass is 444 g/mol. The van der Waals surface area contributed by atoms with Gasteiger partial charge in [-0.05, 0) is 37.3 Å². The molecule has 1 N–H and O–H groups in total. The molecular formula is C20H17ClN4O4S. The van der Waals surface area contributed by atoms with Crippen molar-refractivity contribution in [3.63, 3.8) is 0 Å². The predicted molar refractivity (Wildman–Crippen MR) is 116 cm³/mol. The summed E-state index contributed by atoms with van der Waals surface area (Å²) in [7, 11) is 1.41. The first-order chi connectivity index (χ1) is 14.4. The van der Waals surface area contributed by atoms with Crippen molar-refractivity contribution in [2.75, 3.05) is 18.2 Å². The molecule has 0 aliphatic carbocycles. The number of ether oxygens (including phenoxy) is 1. The predicted octanol–water partition coefficient (Wildman–Crippen LogP) is 4.75. The molecule has 0 unspecified atom stereocenters. The second kappa shape index (κ2) is 9.55. The van der Waals surface area contributed by atoms with Crippen molar-refractivity contribution in [3.05, 3.63) is 69.4 Å². The number of methoxy groups -OCH3 is 1. The van der Waals surface area contributed by atoms with Crippen molar-refractivity contribution in [2.45, 2.75) is 12.1 Å². The molecule has 0 spiro atoms. The van der Waals surface area contributed by atoms with E-state index in [1.807, 2.05) is 25.1 Å². The number of hydrogen-bond donors (Lipinski definition) is 1. The Morgan fingerprint density at radius 1 is 1.20 bits per heavy atom. The molecule has 3 rings (SSSR count). The number of nitro benzene ring substituents is 1. The number of carbonyl (C=O) groups is 1. The number of aromatic nitrogens is 2. The van der Waals surface area contributed by atoms with Crippen LogP contribution in [-0.2, 0) is 4.79 Å². The highest BCUT2D eigenvalue weighted by Crippen LogP contribution is 2.29. The van der Waals surface area contributed by atoms with Crippen LogP contribution >= 0.6 is 23.4 Å². The van der Waals surface area contributed by atoms with E-state index in [0.717, 1.165) is 23.0 Å². The minimum Gasteiger partial charge on any atom is -0.496 e. The van der Waals surface area contributed by atoms with E-state index in [2.05, 4.69) is 15.3 Å². The van der Waals surface area contributed by atoms with Gasteiger partial charge in [0.25, 0.3) is 5.69 Å². The summed E-state index contributed by atoms with van der Waals surface area (Å²) in [6.45, 7) is 1.84. The van der Waals surface area contributed by atoms with Gasteiger partial charge in [0.2, 0.25) is 5.91 Å². The fraction of sp³-hybridized carbons (Fsp3) is 0.150. The summed E-state index contributed by atoms with van der Waals surface area (Å²) >= 11 is 7.07. The Bertz CT molecular complexity index is 1090. The van der Waals surface area contributed by atoms with Gasteiger partial charge in [-0.2, -0.15) is 0 Å². The number of benzene rings is 2. The largest absolute Gasteiger partial charge is 0.496 e. The van der Waals surface area contributed by atoms with Crippen LogP contribution in [0, 0.1) is 17.0 Å². The van der Waals surface area contributed by atoms with Crippen LogP contribution in [0.3, 0.4) is 0 Å². The molecule has 0 atom stereocenters. The summed E-state index contributed by atoms with van der Waals surface area (Å²) < 4.78 is 4.99. The van der Waals surface area contributed by atoms with Crippen LogP contribution in [0.1, 0.15) is 5.69 Å². The van der Waals surface area contributed by atoms with E-state index in [0.29, 0.717) is 21.6 Å². The number of nitro groups is 1. The van der Waals surface area contributed by atoms with E-state index >= 15 is 0 Å². The van der Waals surface area contributed by atoms with Crippen LogP contribution in [-0.4, -0.2) is 33.7 Å². The zero-order valence-electron chi connectivity index (χ0n) is 16.1. The van der Waals surface area contributed by atoms with Crippen LogP contribution in [0.5, 0.6) is 5.75 Å². The molecule has 10 heteroatoms. The average Bonchev–Trinajstić information content (AvgIpc) is 2.72. The molecule has 8 nitrogen and oxygen atoms in total. The van der Waals surface area contributed by atoms with Gasteiger partial charge in [0, 0.05) is 16.3 Å². The maximum atomic E-state index is 12.3. The van der Waals surface area contributed by atoms with Gasteiger partial charge in [-0.1, -0.05) is 35.5 Å². The van der Waals surface area contributed by atoms with Crippen molar-refractivity contribution in [1.29, 1.82) is 0 Å². The third kappa shape index (κ3) is 5.46. The molecular weight excluding hydrogens is 428 g/mol. The number of carbonyl (C=O) groups excluding carboxylic acids is 1. The van der Waals surface area contributed by atoms with Crippen molar-refractivity contribution < 1.29 is 14.5 Å². The van der Waals surface area contributed by atoms with Crippen LogP contribution in [0.4, 0.5) is 11.4 Å². The number of amides is 1. The Hall–Kier alpha value is -3.17. The molecule has 0 radical (unpaired) electrons. The molecule has 30 heavy (non-hydrogen) atoms. The second-order valence-corrected chi connectivity index (χ2v) is 7.54. The van der Waals surface area contributed by atoms with E-state index in [1.165, 1.54) is 25.3 Å². The van der Waals surface area contributed by atoms with Gasteiger partial charge in [-0.3, -0.25) is 14.9 Å². The van der Waals surface area contributed by atoms with Gasteiger partial charge in [0.1, 0.15) is 11.4 Å². The van der Waals surface area contributed by atoms with E-state index in [-0.39, 0.29) is 17.1 Å². The zero-order valence-corrected chi connectivity index (χ0v) is 17.7. The van der Waals surface area contributed by atoms with Crippen molar-refractivity contribution in [1.82, 2.24) is 9.97 Å². The number of nitrogens with one attached hydrogen (secondary N) is 1. The lowest BCUT2D eigenvalue weighted by Gasteiger charge is -2.08. The van der Waals surface area contributed by atoms with Gasteiger partial charge in [0.15, 0.2) is 5.16 Å². The number of hydrogen-bond acceptors (Lipinski definition) is 7. The van der Waals surface area contributed by atoms with Crippen molar-refractivity contribution >= 4 is 40.6 Å². The SMILES string of the molecule is COc1ccc(NC(=O)CSc2nc(C)cc(-c3ccc(Cl)cc3)n2)c([N+](=O)[O-])c1. The van der Waals surface area contributed by atoms with Gasteiger partial charge >= 0.3 is 0 Å². The maximum absolute atomic E-state index is 12.3. The van der Waals surface area contributed by atoms with Crippen LogP contribution in [0.15, 0.2) is 53.7 Å². The first-order valence-corrected chi connectivity index (χ1v) is 10.1. The molecule has 0 saturated heterocycles. The Labute approximate surface area is 181 Å². The van der Waals surface area contributed by atoms with Crippen LogP contribution in [0.2, 0.25) is 5.02 Å². The standard InChI is InChI=1S/C20H17ClN4O4S/c1-12-9-17(13-3-5-14(21)6-4-13)24-20(22-12)30-11-19(26)23-16-8-7-15(29-2)10-18(16)25(27)28/h3-10H,11H2,1-2H3,(H,23,26). The lowest BCUT2D eigenvalue weighted by atomic mass is 10.1. The average molecular weight is 445 g/mol. The molecule has 0 aliphatic heterocycles. The molecule has 1 heterocycles. The molecule has 0 saturated carbocycles. The minimum absolute atomic E-state index is 0.00725. The topological polar surface area (TPSA) is 107 Å². The van der Waals surface area contributed by atoms with E-state index in [9.17, 15) is 14.9 Å². The molecule has 0 bridgehead atoms. The number of nitrogens with zero attached hydrogens (tertiary/aromatic N) is 3. The fourth-order valence-corrected chi connectivity index (χ4v) is 3.42. The quantitative estimate of drug-likeness (QED) is 0.242. The Balaban J connectivity index is 1.71. The van der Waals surface area contributed by atoms with Crippen molar-refractivity contribution in [3.8, 4) is 17.0 Å². The lowest BCUT2D eigenvalue weighted by molar-refractivity contribution is -0.384. The summed E-state index contributed by atoms with van der Waals surface area (Å²) in [4.78, 5) is 31.8. The first kappa shape index (κ1) is 21.5. The molecule has 2 aromatic carbocycles. The van der Waals surface area contributed by atoms with Crippen molar-refractivity contribution in [2.24, 2.45) is 0 Å². The molecule has 154 valence electrons. The zero-order chi connectivity index (χ0) is 21.7. The van der Waals surface area contributed by atoms with E-state index in [4.69, 9.17) is 16.3 Å². The number of anilines is 1. The number of aryl methyl sites for hydroxylation is 1. The highest BCUT2D eigenvalue weighted by molar-refractivity contribution is 7.99. The second-order valence-electron chi connectivity index (χ2n) is 6.16. The highest BCUT2D eigenvalue weighted by Gasteiger charge is 2.17. The summed E-state index contributed by atoms with van der Waals surface area (Å²) in [6.07, 6.45) is 0. The number of halogens is 1. The Kier molecular flexibility index (Phi) is 6.86. The van der Waals surface area contributed by atoms with Gasteiger partial charge < -0.3 is 10.1 Å². The molecule has 1 amide bonds. The summed E-state index contributed by atoms with van der Waals surface area (Å²) in [6, 6.07) is 13.3. The highest BCUT2D eigenvalue weighted by atomic mass is 35.5. The smallest absolute Gasteiger partial charge is 0.296 e. The Morgan fingerprint density at radius 3 is 2.60 bits per heavy atom. The summed E-state index contributed by atoms with van der Waals surface area (Å²) in [5.74, 6) is -0.0875. The van der Waals surface area contributed by atoms with Gasteiger partial charge in [0.05, 0.1) is 29.5 Å². The fourth-order valence-electron chi connectivity index (χ4n) is 2.59. The summed E-state index contributed by atoms with van der Waals surface area (Å²) in [5, 5.41) is 14.9. The Morgan fingerprint density at radius 2 is 1.93 bits per heavy atom. The van der Waals surface area contributed by atoms with Gasteiger partial charge in [-0.25, -0.2) is 9.97 Å². The number of rotatable bonds is 7. The molecule has 0 fully saturated rings. The molecule has 3 aromatic rings. The summed E-state index contributed by atoms with van der Waals surface area (Å²) in [5.41, 5.74) is 2.20. The van der Waals surface area contributed by atoms with E-state index in [1.54, 1.807) is 12.1 Å². The minimum atomic E-state index is -0.576. The molecule has 1 aromatic heterocycles. The first-order valence-electron chi connectivity index (χ1n) is 8.72. The third-order valence-corrected chi connectivity index (χ3v) is 5.08. The van der Waals surface area contributed by atoms with E-state index < -0.39 is 10.8 Å². The third-order valence-electron chi connectivity index (χ3n) is 3.98. The molecule has 0 aliphatic rings. The van der Waals surface area contributed by atoms with Crippen LogP contribution in [0.25, 0.3) is 11.3 Å². The lowest BCUT2D eigenvalue weighted by Crippen LogP contribution is -2.15. The maximum Gasteiger partial charge on any atom is 0.296 e. The normalized spacial score (nSPS) is 10.5. The van der Waals surface area contributed by atoms with Crippen LogP contribution < -0.4 is 10.1 Å². The van der Waals surface area contributed by atoms with Gasteiger partial charge in [-0.15, -0.1) is 0 Å².